The lowest BCUT2D eigenvalue weighted by atomic mass is 10.0. The molecule has 2 aromatic carbocycles. The van der Waals surface area contributed by atoms with Crippen LogP contribution in [-0.4, -0.2) is 40.5 Å². The summed E-state index contributed by atoms with van der Waals surface area (Å²) in [5.74, 6) is -1.55. The molecule has 7 heteroatoms. The molecule has 0 spiro atoms. The van der Waals surface area contributed by atoms with Crippen LogP contribution >= 0.6 is 11.6 Å². The molecule has 1 N–H and O–H groups in total. The van der Waals surface area contributed by atoms with Gasteiger partial charge in [-0.3, -0.25) is 4.79 Å². The molecule has 3 rings (SSSR count). The van der Waals surface area contributed by atoms with Crippen LogP contribution in [0, 0.1) is 0 Å². The van der Waals surface area contributed by atoms with Gasteiger partial charge in [-0.15, -0.1) is 0 Å². The normalized spacial score (nSPS) is 19.5. The maximum absolute atomic E-state index is 12.7. The molecular weight excluding hydrogens is 344 g/mol. The summed E-state index contributed by atoms with van der Waals surface area (Å²) in [5.41, 5.74) is -0.869. The molecule has 1 aliphatic rings. The standard InChI is InChI=1S/C18H15ClN2O4/c1-25-17(23)18(24)11-15(12-7-9-14(19)10-8-12)20-21(18)16(22)13-5-3-2-4-6-13/h2-10,24H,11H2,1H3/t18-/m1/s1. The van der Waals surface area contributed by atoms with E-state index in [2.05, 4.69) is 9.84 Å². The van der Waals surface area contributed by atoms with Gasteiger partial charge in [0.1, 0.15) is 0 Å². The van der Waals surface area contributed by atoms with Crippen molar-refractivity contribution in [3.63, 3.8) is 0 Å². The third-order valence-electron chi connectivity index (χ3n) is 3.89. The van der Waals surface area contributed by atoms with Gasteiger partial charge in [-0.2, -0.15) is 10.1 Å². The maximum atomic E-state index is 12.7. The molecule has 1 atom stereocenters. The summed E-state index contributed by atoms with van der Waals surface area (Å²) in [4.78, 5) is 24.9. The summed E-state index contributed by atoms with van der Waals surface area (Å²) in [6.45, 7) is 0. The van der Waals surface area contributed by atoms with E-state index in [-0.39, 0.29) is 6.42 Å². The van der Waals surface area contributed by atoms with Crippen molar-refractivity contribution in [2.45, 2.75) is 12.1 Å². The van der Waals surface area contributed by atoms with E-state index >= 15 is 0 Å². The molecule has 0 radical (unpaired) electrons. The Morgan fingerprint density at radius 3 is 2.40 bits per heavy atom. The second-order valence-electron chi connectivity index (χ2n) is 5.52. The number of halogens is 1. The van der Waals surface area contributed by atoms with Crippen molar-refractivity contribution in [2.75, 3.05) is 7.11 Å². The van der Waals surface area contributed by atoms with Crippen LogP contribution in [0.2, 0.25) is 5.02 Å². The first-order valence-corrected chi connectivity index (χ1v) is 7.87. The summed E-state index contributed by atoms with van der Waals surface area (Å²) in [5, 5.41) is 16.3. The van der Waals surface area contributed by atoms with E-state index in [1.54, 1.807) is 54.6 Å². The van der Waals surface area contributed by atoms with Gasteiger partial charge in [0.05, 0.1) is 19.2 Å². The first-order valence-electron chi connectivity index (χ1n) is 7.49. The van der Waals surface area contributed by atoms with Crippen molar-refractivity contribution < 1.29 is 19.4 Å². The van der Waals surface area contributed by atoms with Gasteiger partial charge in [-0.1, -0.05) is 41.9 Å². The third-order valence-corrected chi connectivity index (χ3v) is 4.14. The third kappa shape index (κ3) is 3.14. The van der Waals surface area contributed by atoms with E-state index in [1.807, 2.05) is 0 Å². The van der Waals surface area contributed by atoms with Gasteiger partial charge in [-0.25, -0.2) is 4.79 Å². The molecule has 0 fully saturated rings. The molecule has 0 bridgehead atoms. The number of benzene rings is 2. The molecule has 0 aromatic heterocycles. The number of aliphatic hydroxyl groups is 1. The number of nitrogens with zero attached hydrogens (tertiary/aromatic N) is 2. The SMILES string of the molecule is COC(=O)[C@]1(O)CC(c2ccc(Cl)cc2)=NN1C(=O)c1ccccc1. The van der Waals surface area contributed by atoms with E-state index in [9.17, 15) is 14.7 Å². The van der Waals surface area contributed by atoms with Gasteiger partial charge >= 0.3 is 5.97 Å². The summed E-state index contributed by atoms with van der Waals surface area (Å²) in [6.07, 6.45) is -0.181. The minimum absolute atomic E-state index is 0.181. The van der Waals surface area contributed by atoms with Gasteiger partial charge in [-0.05, 0) is 29.8 Å². The molecule has 25 heavy (non-hydrogen) atoms. The van der Waals surface area contributed by atoms with Crippen molar-refractivity contribution in [1.29, 1.82) is 0 Å². The number of carbonyl (C=O) groups is 2. The number of rotatable bonds is 3. The van der Waals surface area contributed by atoms with Crippen molar-refractivity contribution in [1.82, 2.24) is 5.01 Å². The highest BCUT2D eigenvalue weighted by molar-refractivity contribution is 6.30. The minimum atomic E-state index is -2.20. The van der Waals surface area contributed by atoms with Crippen LogP contribution in [0.3, 0.4) is 0 Å². The van der Waals surface area contributed by atoms with Gasteiger partial charge in [0.2, 0.25) is 0 Å². The summed E-state index contributed by atoms with van der Waals surface area (Å²) >= 11 is 5.88. The molecule has 0 saturated carbocycles. The Bertz CT molecular complexity index is 836. The molecule has 0 unspecified atom stereocenters. The Morgan fingerprint density at radius 1 is 1.16 bits per heavy atom. The minimum Gasteiger partial charge on any atom is -0.465 e. The van der Waals surface area contributed by atoms with Gasteiger partial charge in [0.25, 0.3) is 11.6 Å². The van der Waals surface area contributed by atoms with Crippen LogP contribution in [0.15, 0.2) is 59.7 Å². The van der Waals surface area contributed by atoms with Crippen LogP contribution in [0.5, 0.6) is 0 Å². The van der Waals surface area contributed by atoms with Crippen LogP contribution in [0.1, 0.15) is 22.3 Å². The lowest BCUT2D eigenvalue weighted by Gasteiger charge is -2.28. The zero-order valence-electron chi connectivity index (χ0n) is 13.3. The van der Waals surface area contributed by atoms with Crippen molar-refractivity contribution >= 4 is 29.2 Å². The fraction of sp³-hybridized carbons (Fsp3) is 0.167. The largest absolute Gasteiger partial charge is 0.465 e. The smallest absolute Gasteiger partial charge is 0.361 e. The second kappa shape index (κ2) is 6.66. The molecular formula is C18H15ClN2O4. The highest BCUT2D eigenvalue weighted by atomic mass is 35.5. The van der Waals surface area contributed by atoms with Crippen LogP contribution in [0.25, 0.3) is 0 Å². The Morgan fingerprint density at radius 2 is 1.80 bits per heavy atom. The molecule has 1 aliphatic heterocycles. The van der Waals surface area contributed by atoms with Gasteiger partial charge < -0.3 is 9.84 Å². The molecule has 2 aromatic rings. The number of hydrogen-bond donors (Lipinski definition) is 1. The van der Waals surface area contributed by atoms with Crippen LogP contribution < -0.4 is 0 Å². The lowest BCUT2D eigenvalue weighted by molar-refractivity contribution is -0.176. The second-order valence-corrected chi connectivity index (χ2v) is 5.96. The molecule has 1 amide bonds. The van der Waals surface area contributed by atoms with E-state index in [1.165, 1.54) is 0 Å². The summed E-state index contributed by atoms with van der Waals surface area (Å²) < 4.78 is 4.68. The first kappa shape index (κ1) is 17.1. The van der Waals surface area contributed by atoms with Crippen molar-refractivity contribution in [3.8, 4) is 0 Å². The monoisotopic (exact) mass is 358 g/mol. The quantitative estimate of drug-likeness (QED) is 0.855. The van der Waals surface area contributed by atoms with Gasteiger partial charge in [0, 0.05) is 10.6 Å². The molecule has 0 aliphatic carbocycles. The summed E-state index contributed by atoms with van der Waals surface area (Å²) in [7, 11) is 1.14. The number of carbonyl (C=O) groups excluding carboxylic acids is 2. The van der Waals surface area contributed by atoms with E-state index in [0.717, 1.165) is 12.1 Å². The predicted molar refractivity (Wildman–Crippen MR) is 92.2 cm³/mol. The highest BCUT2D eigenvalue weighted by Gasteiger charge is 2.52. The van der Waals surface area contributed by atoms with E-state index in [4.69, 9.17) is 11.6 Å². The van der Waals surface area contributed by atoms with Crippen LogP contribution in [0.4, 0.5) is 0 Å². The number of ether oxygens (including phenoxy) is 1. The first-order chi connectivity index (χ1) is 12.0. The molecule has 128 valence electrons. The summed E-state index contributed by atoms with van der Waals surface area (Å²) in [6, 6.07) is 15.0. The number of amides is 1. The topological polar surface area (TPSA) is 79.2 Å². The van der Waals surface area contributed by atoms with Crippen LogP contribution in [-0.2, 0) is 9.53 Å². The number of methoxy groups -OCH3 is 1. The molecule has 1 heterocycles. The number of hydrazone groups is 1. The molecule has 0 saturated heterocycles. The Hall–Kier alpha value is -2.70. The number of hydrogen-bond acceptors (Lipinski definition) is 5. The fourth-order valence-corrected chi connectivity index (χ4v) is 2.71. The predicted octanol–water partition coefficient (Wildman–Crippen LogP) is 2.45. The average molecular weight is 359 g/mol. The highest BCUT2D eigenvalue weighted by Crippen LogP contribution is 2.31. The van der Waals surface area contributed by atoms with Crippen molar-refractivity contribution in [3.05, 3.63) is 70.7 Å². The maximum Gasteiger partial charge on any atom is 0.361 e. The molecule has 6 nitrogen and oxygen atoms in total. The Balaban J connectivity index is 2.02. The van der Waals surface area contributed by atoms with E-state index < -0.39 is 17.6 Å². The van der Waals surface area contributed by atoms with E-state index in [0.29, 0.717) is 21.9 Å². The number of esters is 1. The zero-order chi connectivity index (χ0) is 18.0. The lowest BCUT2D eigenvalue weighted by Crippen LogP contribution is -2.52. The fourth-order valence-electron chi connectivity index (χ4n) is 2.59. The average Bonchev–Trinajstić information content (AvgIpc) is 3.00. The van der Waals surface area contributed by atoms with Gasteiger partial charge in [0.15, 0.2) is 0 Å². The zero-order valence-corrected chi connectivity index (χ0v) is 14.1. The Labute approximate surface area is 149 Å². The van der Waals surface area contributed by atoms with Crippen molar-refractivity contribution in [2.24, 2.45) is 5.10 Å². The Kier molecular flexibility index (Phi) is 4.57.